The van der Waals surface area contributed by atoms with E-state index in [9.17, 15) is 4.79 Å². The summed E-state index contributed by atoms with van der Waals surface area (Å²) in [6.07, 6.45) is 0. The number of benzene rings is 1. The van der Waals surface area contributed by atoms with Crippen molar-refractivity contribution in [3.05, 3.63) is 28.8 Å². The molecule has 1 fully saturated rings. The molecule has 0 aliphatic carbocycles. The lowest BCUT2D eigenvalue weighted by molar-refractivity contribution is 0.154. The van der Waals surface area contributed by atoms with Crippen molar-refractivity contribution < 1.29 is 4.79 Å². The summed E-state index contributed by atoms with van der Waals surface area (Å²) in [4.78, 5) is 18.4. The van der Waals surface area contributed by atoms with Gasteiger partial charge in [0.1, 0.15) is 0 Å². The predicted molar refractivity (Wildman–Crippen MR) is 88.3 cm³/mol. The van der Waals surface area contributed by atoms with Gasteiger partial charge in [-0.25, -0.2) is 4.79 Å². The van der Waals surface area contributed by atoms with Gasteiger partial charge in [0.2, 0.25) is 0 Å². The fraction of sp³-hybridized carbons (Fsp3) is 0.562. The first-order chi connectivity index (χ1) is 10.1. The molecular formula is C16H24ClN3O. The number of amides is 2. The summed E-state index contributed by atoms with van der Waals surface area (Å²) in [5.41, 5.74) is 2.23. The maximum atomic E-state index is 12.3. The molecule has 1 aromatic rings. The number of piperazine rings is 1. The third-order valence-corrected chi connectivity index (χ3v) is 4.51. The van der Waals surface area contributed by atoms with Crippen LogP contribution in [0.15, 0.2) is 18.2 Å². The zero-order valence-corrected chi connectivity index (χ0v) is 13.9. The standard InChI is InChI=1S/C16H24ClN3O/c1-4-18(5-2)16(21)20-10-8-19(9-11-20)14-7-6-13(3)15(17)12-14/h6-7,12H,4-5,8-11H2,1-3H3. The second-order valence-corrected chi connectivity index (χ2v) is 5.77. The van der Waals surface area contributed by atoms with E-state index in [4.69, 9.17) is 11.6 Å². The molecule has 0 saturated carbocycles. The van der Waals surface area contributed by atoms with Crippen molar-refractivity contribution in [2.45, 2.75) is 20.8 Å². The fourth-order valence-corrected chi connectivity index (χ4v) is 2.80. The summed E-state index contributed by atoms with van der Waals surface area (Å²) in [7, 11) is 0. The number of nitrogens with zero attached hydrogens (tertiary/aromatic N) is 3. The van der Waals surface area contributed by atoms with Crippen molar-refractivity contribution in [2.75, 3.05) is 44.2 Å². The van der Waals surface area contributed by atoms with Gasteiger partial charge in [-0.1, -0.05) is 17.7 Å². The van der Waals surface area contributed by atoms with Gasteiger partial charge in [-0.05, 0) is 38.5 Å². The summed E-state index contributed by atoms with van der Waals surface area (Å²) >= 11 is 6.19. The van der Waals surface area contributed by atoms with Crippen molar-refractivity contribution in [1.29, 1.82) is 0 Å². The summed E-state index contributed by atoms with van der Waals surface area (Å²) in [5, 5.41) is 0.800. The molecule has 0 aromatic heterocycles. The van der Waals surface area contributed by atoms with Crippen molar-refractivity contribution in [2.24, 2.45) is 0 Å². The average Bonchev–Trinajstić information content (AvgIpc) is 2.51. The minimum atomic E-state index is 0.154. The lowest BCUT2D eigenvalue weighted by atomic mass is 10.2. The van der Waals surface area contributed by atoms with Crippen molar-refractivity contribution in [3.8, 4) is 0 Å². The number of rotatable bonds is 3. The molecule has 2 rings (SSSR count). The van der Waals surface area contributed by atoms with E-state index in [1.165, 1.54) is 0 Å². The van der Waals surface area contributed by atoms with Gasteiger partial charge in [-0.15, -0.1) is 0 Å². The molecule has 116 valence electrons. The molecule has 2 amide bonds. The molecule has 1 aromatic carbocycles. The van der Waals surface area contributed by atoms with Gasteiger partial charge >= 0.3 is 6.03 Å². The smallest absolute Gasteiger partial charge is 0.320 e. The van der Waals surface area contributed by atoms with Crippen LogP contribution in [-0.2, 0) is 0 Å². The number of anilines is 1. The molecule has 0 N–H and O–H groups in total. The van der Waals surface area contributed by atoms with Crippen LogP contribution >= 0.6 is 11.6 Å². The second kappa shape index (κ2) is 7.03. The van der Waals surface area contributed by atoms with Gasteiger partial charge in [0.15, 0.2) is 0 Å². The van der Waals surface area contributed by atoms with E-state index < -0.39 is 0 Å². The lowest BCUT2D eigenvalue weighted by Gasteiger charge is -2.38. The van der Waals surface area contributed by atoms with Crippen LogP contribution in [0.1, 0.15) is 19.4 Å². The molecule has 0 spiro atoms. The maximum Gasteiger partial charge on any atom is 0.320 e. The largest absolute Gasteiger partial charge is 0.368 e. The molecule has 4 nitrogen and oxygen atoms in total. The van der Waals surface area contributed by atoms with Crippen molar-refractivity contribution in [3.63, 3.8) is 0 Å². The quantitative estimate of drug-likeness (QED) is 0.857. The highest BCUT2D eigenvalue weighted by Crippen LogP contribution is 2.24. The van der Waals surface area contributed by atoms with Crippen LogP contribution in [0.3, 0.4) is 0 Å². The number of halogens is 1. The fourth-order valence-electron chi connectivity index (χ4n) is 2.63. The summed E-state index contributed by atoms with van der Waals surface area (Å²) < 4.78 is 0. The van der Waals surface area contributed by atoms with E-state index >= 15 is 0 Å². The molecule has 1 saturated heterocycles. The molecule has 5 heteroatoms. The maximum absolute atomic E-state index is 12.3. The Kier molecular flexibility index (Phi) is 5.34. The molecule has 0 radical (unpaired) electrons. The highest BCUT2D eigenvalue weighted by molar-refractivity contribution is 6.31. The summed E-state index contributed by atoms with van der Waals surface area (Å²) in [6, 6.07) is 6.31. The molecular weight excluding hydrogens is 286 g/mol. The molecule has 1 aliphatic heterocycles. The van der Waals surface area contributed by atoms with E-state index in [0.29, 0.717) is 0 Å². The normalized spacial score (nSPS) is 15.2. The predicted octanol–water partition coefficient (Wildman–Crippen LogP) is 3.23. The Morgan fingerprint density at radius 2 is 1.81 bits per heavy atom. The number of carbonyl (C=O) groups is 1. The molecule has 21 heavy (non-hydrogen) atoms. The first-order valence-corrected chi connectivity index (χ1v) is 7.99. The van der Waals surface area contributed by atoms with Crippen molar-refractivity contribution >= 4 is 23.3 Å². The van der Waals surface area contributed by atoms with Crippen molar-refractivity contribution in [1.82, 2.24) is 9.80 Å². The molecule has 1 aliphatic rings. The molecule has 0 atom stereocenters. The highest BCUT2D eigenvalue weighted by Gasteiger charge is 2.24. The average molecular weight is 310 g/mol. The van der Waals surface area contributed by atoms with E-state index in [0.717, 1.165) is 55.5 Å². The van der Waals surface area contributed by atoms with Crippen LogP contribution < -0.4 is 4.90 Å². The molecule has 0 unspecified atom stereocenters. The lowest BCUT2D eigenvalue weighted by Crippen LogP contribution is -2.52. The van der Waals surface area contributed by atoms with Crippen LogP contribution in [0.25, 0.3) is 0 Å². The number of hydrogen-bond acceptors (Lipinski definition) is 2. The Morgan fingerprint density at radius 3 is 2.33 bits per heavy atom. The number of urea groups is 1. The van der Waals surface area contributed by atoms with Crippen LogP contribution in [-0.4, -0.2) is 55.1 Å². The van der Waals surface area contributed by atoms with E-state index in [-0.39, 0.29) is 6.03 Å². The van der Waals surface area contributed by atoms with Gasteiger partial charge in [0, 0.05) is 50.0 Å². The third-order valence-electron chi connectivity index (χ3n) is 4.10. The molecule has 0 bridgehead atoms. The van der Waals surface area contributed by atoms with Crippen LogP contribution in [0.2, 0.25) is 5.02 Å². The number of hydrogen-bond donors (Lipinski definition) is 0. The Morgan fingerprint density at radius 1 is 1.19 bits per heavy atom. The second-order valence-electron chi connectivity index (χ2n) is 5.36. The monoisotopic (exact) mass is 309 g/mol. The molecule has 1 heterocycles. The zero-order valence-electron chi connectivity index (χ0n) is 13.1. The van der Waals surface area contributed by atoms with E-state index in [1.54, 1.807) is 0 Å². The number of aryl methyl sites for hydroxylation is 1. The van der Waals surface area contributed by atoms with Gasteiger partial charge in [-0.2, -0.15) is 0 Å². The van der Waals surface area contributed by atoms with Gasteiger partial charge < -0.3 is 14.7 Å². The summed E-state index contributed by atoms with van der Waals surface area (Å²) in [6.45, 7) is 10.8. The third kappa shape index (κ3) is 3.62. The minimum Gasteiger partial charge on any atom is -0.368 e. The first-order valence-electron chi connectivity index (χ1n) is 7.61. The van der Waals surface area contributed by atoms with Gasteiger partial charge in [0.05, 0.1) is 0 Å². The minimum absolute atomic E-state index is 0.154. The Balaban J connectivity index is 1.96. The zero-order chi connectivity index (χ0) is 15.4. The SMILES string of the molecule is CCN(CC)C(=O)N1CCN(c2ccc(C)c(Cl)c2)CC1. The van der Waals surface area contributed by atoms with Crippen LogP contribution in [0.5, 0.6) is 0 Å². The highest BCUT2D eigenvalue weighted by atomic mass is 35.5. The number of carbonyl (C=O) groups excluding carboxylic acids is 1. The van der Waals surface area contributed by atoms with Gasteiger partial charge in [0.25, 0.3) is 0 Å². The van der Waals surface area contributed by atoms with Crippen LogP contribution in [0, 0.1) is 6.92 Å². The van der Waals surface area contributed by atoms with E-state index in [2.05, 4.69) is 11.0 Å². The Hall–Kier alpha value is -1.42. The topological polar surface area (TPSA) is 26.8 Å². The Labute approximate surface area is 132 Å². The summed E-state index contributed by atoms with van der Waals surface area (Å²) in [5.74, 6) is 0. The van der Waals surface area contributed by atoms with Crippen LogP contribution in [0.4, 0.5) is 10.5 Å². The first kappa shape index (κ1) is 16.0. The Bertz CT molecular complexity index is 494. The van der Waals surface area contributed by atoms with Gasteiger partial charge in [-0.3, -0.25) is 0 Å². The van der Waals surface area contributed by atoms with E-state index in [1.807, 2.05) is 42.7 Å².